The first-order valence-corrected chi connectivity index (χ1v) is 10.00. The van der Waals surface area contributed by atoms with Crippen molar-refractivity contribution >= 4 is 16.9 Å². The first-order chi connectivity index (χ1) is 14.0. The third-order valence-corrected chi connectivity index (χ3v) is 5.26. The topological polar surface area (TPSA) is 67.4 Å². The molecular formula is C23H26N4O2. The standard InChI is InChI=1S/C23H26N4O2/c1-15-13-27(14-19-6-4-5-7-22(19)29-15)11-10-24-23(28)18-8-9-20-21(12-18)26-17(3)16(2)25-20/h4-9,12,15H,10-11,13-14H2,1-3H3,(H,24,28). The molecule has 0 radical (unpaired) electrons. The lowest BCUT2D eigenvalue weighted by Crippen LogP contribution is -2.37. The molecule has 4 rings (SSSR count). The monoisotopic (exact) mass is 390 g/mol. The predicted octanol–water partition coefficient (Wildman–Crippen LogP) is 3.26. The summed E-state index contributed by atoms with van der Waals surface area (Å²) >= 11 is 0. The SMILES string of the molecule is Cc1nc2ccc(C(=O)NCCN3Cc4ccccc4OC(C)C3)cc2nc1C. The van der Waals surface area contributed by atoms with Crippen LogP contribution in [0, 0.1) is 13.8 Å². The summed E-state index contributed by atoms with van der Waals surface area (Å²) in [4.78, 5) is 24.0. The van der Waals surface area contributed by atoms with E-state index in [9.17, 15) is 4.79 Å². The van der Waals surface area contributed by atoms with E-state index in [2.05, 4.69) is 33.2 Å². The molecule has 1 atom stereocenters. The lowest BCUT2D eigenvalue weighted by Gasteiger charge is -2.21. The van der Waals surface area contributed by atoms with Gasteiger partial charge in [-0.25, -0.2) is 9.97 Å². The maximum atomic E-state index is 12.6. The molecule has 1 N–H and O–H groups in total. The number of nitrogens with zero attached hydrogens (tertiary/aromatic N) is 3. The minimum atomic E-state index is -0.0913. The van der Waals surface area contributed by atoms with Crippen molar-refractivity contribution in [3.05, 3.63) is 65.0 Å². The Morgan fingerprint density at radius 3 is 2.72 bits per heavy atom. The van der Waals surface area contributed by atoms with Gasteiger partial charge in [-0.3, -0.25) is 9.69 Å². The molecule has 0 bridgehead atoms. The van der Waals surface area contributed by atoms with Crippen LogP contribution in [0.5, 0.6) is 5.75 Å². The third-order valence-electron chi connectivity index (χ3n) is 5.26. The summed E-state index contributed by atoms with van der Waals surface area (Å²) in [5.74, 6) is 0.862. The first-order valence-electron chi connectivity index (χ1n) is 10.00. The number of ether oxygens (including phenoxy) is 1. The molecular weight excluding hydrogens is 364 g/mol. The second kappa shape index (κ2) is 8.17. The average Bonchev–Trinajstić information content (AvgIpc) is 2.85. The van der Waals surface area contributed by atoms with Gasteiger partial charge in [-0.1, -0.05) is 18.2 Å². The lowest BCUT2D eigenvalue weighted by molar-refractivity contribution is 0.0944. The summed E-state index contributed by atoms with van der Waals surface area (Å²) in [7, 11) is 0. The number of aromatic nitrogens is 2. The molecule has 1 amide bonds. The molecule has 2 heterocycles. The molecule has 1 aliphatic heterocycles. The van der Waals surface area contributed by atoms with Gasteiger partial charge in [-0.2, -0.15) is 0 Å². The normalized spacial score (nSPS) is 16.7. The Morgan fingerprint density at radius 1 is 1.14 bits per heavy atom. The maximum Gasteiger partial charge on any atom is 0.251 e. The van der Waals surface area contributed by atoms with E-state index >= 15 is 0 Å². The van der Waals surface area contributed by atoms with E-state index in [0.29, 0.717) is 12.1 Å². The molecule has 6 nitrogen and oxygen atoms in total. The minimum Gasteiger partial charge on any atom is -0.489 e. The molecule has 0 fully saturated rings. The second-order valence-electron chi connectivity index (χ2n) is 7.63. The molecule has 3 aromatic rings. The Labute approximate surface area is 170 Å². The molecule has 0 saturated heterocycles. The molecule has 0 aliphatic carbocycles. The molecule has 2 aromatic carbocycles. The molecule has 1 unspecified atom stereocenters. The van der Waals surface area contributed by atoms with Gasteiger partial charge in [-0.15, -0.1) is 0 Å². The summed E-state index contributed by atoms with van der Waals surface area (Å²) in [6.07, 6.45) is 0.111. The van der Waals surface area contributed by atoms with Crippen LogP contribution in [0.4, 0.5) is 0 Å². The van der Waals surface area contributed by atoms with Crippen LogP contribution in [0.1, 0.15) is 34.2 Å². The Kier molecular flexibility index (Phi) is 5.45. The van der Waals surface area contributed by atoms with Crippen molar-refractivity contribution in [2.45, 2.75) is 33.4 Å². The van der Waals surface area contributed by atoms with Crippen LogP contribution in [0.2, 0.25) is 0 Å². The largest absolute Gasteiger partial charge is 0.489 e. The van der Waals surface area contributed by atoms with Crippen molar-refractivity contribution in [1.29, 1.82) is 0 Å². The first kappa shape index (κ1) is 19.3. The van der Waals surface area contributed by atoms with Crippen LogP contribution in [0.3, 0.4) is 0 Å². The highest BCUT2D eigenvalue weighted by atomic mass is 16.5. The molecule has 0 spiro atoms. The van der Waals surface area contributed by atoms with Gasteiger partial charge < -0.3 is 10.1 Å². The Balaban J connectivity index is 1.38. The highest BCUT2D eigenvalue weighted by Crippen LogP contribution is 2.24. The van der Waals surface area contributed by atoms with Crippen LogP contribution < -0.4 is 10.1 Å². The van der Waals surface area contributed by atoms with Gasteiger partial charge in [0.25, 0.3) is 5.91 Å². The van der Waals surface area contributed by atoms with Crippen molar-refractivity contribution < 1.29 is 9.53 Å². The number of nitrogens with one attached hydrogen (secondary N) is 1. The van der Waals surface area contributed by atoms with E-state index in [0.717, 1.165) is 47.8 Å². The maximum absolute atomic E-state index is 12.6. The smallest absolute Gasteiger partial charge is 0.251 e. The molecule has 1 aromatic heterocycles. The van der Waals surface area contributed by atoms with Crippen molar-refractivity contribution in [3.63, 3.8) is 0 Å². The number of hydrogen-bond acceptors (Lipinski definition) is 5. The van der Waals surface area contributed by atoms with E-state index in [1.807, 2.05) is 44.2 Å². The molecule has 1 aliphatic rings. The molecule has 29 heavy (non-hydrogen) atoms. The Morgan fingerprint density at radius 2 is 1.90 bits per heavy atom. The summed E-state index contributed by atoms with van der Waals surface area (Å²) in [5, 5.41) is 3.03. The highest BCUT2D eigenvalue weighted by molar-refractivity contribution is 5.97. The molecule has 150 valence electrons. The number of carbonyl (C=O) groups is 1. The number of hydrogen-bond donors (Lipinski definition) is 1. The quantitative estimate of drug-likeness (QED) is 0.741. The zero-order valence-electron chi connectivity index (χ0n) is 17.1. The fourth-order valence-electron chi connectivity index (χ4n) is 3.64. The number of amides is 1. The van der Waals surface area contributed by atoms with Gasteiger partial charge in [0.1, 0.15) is 11.9 Å². The van der Waals surface area contributed by atoms with Crippen LogP contribution >= 0.6 is 0 Å². The summed E-state index contributed by atoms with van der Waals surface area (Å²) < 4.78 is 6.00. The van der Waals surface area contributed by atoms with Gasteiger partial charge in [0, 0.05) is 37.3 Å². The van der Waals surface area contributed by atoms with Crippen molar-refractivity contribution in [1.82, 2.24) is 20.2 Å². The van der Waals surface area contributed by atoms with Crippen LogP contribution in [-0.4, -0.2) is 46.5 Å². The fraction of sp³-hybridized carbons (Fsp3) is 0.348. The van der Waals surface area contributed by atoms with Crippen LogP contribution in [-0.2, 0) is 6.54 Å². The fourth-order valence-corrected chi connectivity index (χ4v) is 3.64. The number of aryl methyl sites for hydroxylation is 2. The number of carbonyl (C=O) groups excluding carboxylic acids is 1. The zero-order chi connectivity index (χ0) is 20.4. The van der Waals surface area contributed by atoms with E-state index in [-0.39, 0.29) is 12.0 Å². The van der Waals surface area contributed by atoms with Crippen LogP contribution in [0.25, 0.3) is 11.0 Å². The third kappa shape index (κ3) is 4.38. The summed E-state index contributed by atoms with van der Waals surface area (Å²) in [6.45, 7) is 8.93. The van der Waals surface area contributed by atoms with E-state index in [1.165, 1.54) is 5.56 Å². The molecule has 0 saturated carbocycles. The van der Waals surface area contributed by atoms with Crippen molar-refractivity contribution in [3.8, 4) is 5.75 Å². The average molecular weight is 390 g/mol. The highest BCUT2D eigenvalue weighted by Gasteiger charge is 2.19. The van der Waals surface area contributed by atoms with Gasteiger partial charge in [0.15, 0.2) is 0 Å². The van der Waals surface area contributed by atoms with E-state index in [1.54, 1.807) is 6.07 Å². The molecule has 6 heteroatoms. The lowest BCUT2D eigenvalue weighted by atomic mass is 10.1. The second-order valence-corrected chi connectivity index (χ2v) is 7.63. The van der Waals surface area contributed by atoms with Crippen molar-refractivity contribution in [2.24, 2.45) is 0 Å². The number of fused-ring (bicyclic) bond motifs is 2. The van der Waals surface area contributed by atoms with Crippen molar-refractivity contribution in [2.75, 3.05) is 19.6 Å². The van der Waals surface area contributed by atoms with Crippen LogP contribution in [0.15, 0.2) is 42.5 Å². The van der Waals surface area contributed by atoms with Gasteiger partial charge in [0.2, 0.25) is 0 Å². The summed E-state index contributed by atoms with van der Waals surface area (Å²) in [6, 6.07) is 13.6. The number of benzene rings is 2. The zero-order valence-corrected chi connectivity index (χ0v) is 17.1. The Bertz CT molecular complexity index is 1050. The minimum absolute atomic E-state index is 0.0913. The number of para-hydroxylation sites is 1. The Hall–Kier alpha value is -2.99. The van der Waals surface area contributed by atoms with Gasteiger partial charge in [0.05, 0.1) is 22.4 Å². The summed E-state index contributed by atoms with van der Waals surface area (Å²) in [5.41, 5.74) is 5.13. The van der Waals surface area contributed by atoms with Gasteiger partial charge in [-0.05, 0) is 45.0 Å². The predicted molar refractivity (Wildman–Crippen MR) is 113 cm³/mol. The van der Waals surface area contributed by atoms with E-state index < -0.39 is 0 Å². The number of rotatable bonds is 4. The van der Waals surface area contributed by atoms with Gasteiger partial charge >= 0.3 is 0 Å². The van der Waals surface area contributed by atoms with E-state index in [4.69, 9.17) is 4.74 Å².